The number of hydrogen-bond acceptors (Lipinski definition) is 2. The molecule has 1 heterocycles. The Morgan fingerprint density at radius 2 is 1.67 bits per heavy atom. The quantitative estimate of drug-likeness (QED) is 0.758. The fourth-order valence-electron chi connectivity index (χ4n) is 2.39. The summed E-state index contributed by atoms with van der Waals surface area (Å²) in [6.45, 7) is 3.81. The third-order valence-electron chi connectivity index (χ3n) is 3.59. The van der Waals surface area contributed by atoms with Crippen molar-refractivity contribution >= 4 is 5.69 Å². The smallest absolute Gasteiger partial charge is 0.128 e. The lowest BCUT2D eigenvalue weighted by Crippen LogP contribution is -2.07. The first kappa shape index (κ1) is 13.4. The molecule has 0 aliphatic heterocycles. The van der Waals surface area contributed by atoms with Gasteiger partial charge >= 0.3 is 0 Å². The second-order valence-corrected chi connectivity index (χ2v) is 4.93. The first-order valence-corrected chi connectivity index (χ1v) is 7.26. The molecule has 1 N–H and O–H groups in total. The third kappa shape index (κ3) is 3.14. The molecule has 0 saturated carbocycles. The Hall–Kier alpha value is -2.55. The highest BCUT2D eigenvalue weighted by atomic mass is 15.1. The highest BCUT2D eigenvalue weighted by molar-refractivity contribution is 5.65. The van der Waals surface area contributed by atoms with Crippen LogP contribution in [0.4, 0.5) is 5.69 Å². The van der Waals surface area contributed by atoms with Gasteiger partial charge in [-0.15, -0.1) is 0 Å². The lowest BCUT2D eigenvalue weighted by atomic mass is 10.1. The monoisotopic (exact) mass is 277 g/mol. The van der Waals surface area contributed by atoms with E-state index in [0.29, 0.717) is 0 Å². The summed E-state index contributed by atoms with van der Waals surface area (Å²) in [4.78, 5) is 4.37. The highest BCUT2D eigenvalue weighted by Crippen LogP contribution is 2.21. The van der Waals surface area contributed by atoms with Gasteiger partial charge in [0.05, 0.1) is 6.54 Å². The number of nitrogens with zero attached hydrogens (tertiary/aromatic N) is 2. The zero-order valence-corrected chi connectivity index (χ0v) is 12.2. The zero-order valence-electron chi connectivity index (χ0n) is 12.2. The van der Waals surface area contributed by atoms with Crippen molar-refractivity contribution in [3.8, 4) is 11.1 Å². The maximum absolute atomic E-state index is 4.37. The second kappa shape index (κ2) is 6.27. The van der Waals surface area contributed by atoms with E-state index in [4.69, 9.17) is 0 Å². The van der Waals surface area contributed by atoms with Gasteiger partial charge in [-0.1, -0.05) is 42.5 Å². The summed E-state index contributed by atoms with van der Waals surface area (Å²) in [6.07, 6.45) is 3.86. The van der Waals surface area contributed by atoms with Gasteiger partial charge < -0.3 is 9.88 Å². The minimum atomic E-state index is 0.742. The lowest BCUT2D eigenvalue weighted by molar-refractivity contribution is 0.708. The Bertz CT molecular complexity index is 684. The van der Waals surface area contributed by atoms with Crippen LogP contribution in [0.5, 0.6) is 0 Å². The summed E-state index contributed by atoms with van der Waals surface area (Å²) in [5.74, 6) is 1.06. The van der Waals surface area contributed by atoms with Crippen molar-refractivity contribution in [1.82, 2.24) is 9.55 Å². The molecule has 106 valence electrons. The molecule has 3 nitrogen and oxygen atoms in total. The Morgan fingerprint density at radius 1 is 0.952 bits per heavy atom. The van der Waals surface area contributed by atoms with E-state index in [1.54, 1.807) is 0 Å². The van der Waals surface area contributed by atoms with E-state index < -0.39 is 0 Å². The van der Waals surface area contributed by atoms with E-state index in [1.165, 1.54) is 11.1 Å². The van der Waals surface area contributed by atoms with Crippen molar-refractivity contribution < 1.29 is 0 Å². The number of aromatic nitrogens is 2. The van der Waals surface area contributed by atoms with Gasteiger partial charge in [-0.25, -0.2) is 4.98 Å². The fourth-order valence-corrected chi connectivity index (χ4v) is 2.39. The van der Waals surface area contributed by atoms with Crippen molar-refractivity contribution in [1.29, 1.82) is 0 Å². The average Bonchev–Trinajstić information content (AvgIpc) is 3.02. The lowest BCUT2D eigenvalue weighted by Gasteiger charge is -2.09. The Balaban J connectivity index is 1.68. The number of rotatable bonds is 5. The first-order valence-electron chi connectivity index (χ1n) is 7.26. The maximum Gasteiger partial charge on any atom is 0.128 e. The summed E-state index contributed by atoms with van der Waals surface area (Å²) in [5.41, 5.74) is 3.59. The van der Waals surface area contributed by atoms with E-state index in [0.717, 1.165) is 24.6 Å². The predicted molar refractivity (Wildman–Crippen MR) is 87.1 cm³/mol. The number of benzene rings is 2. The van der Waals surface area contributed by atoms with Crippen LogP contribution in [-0.2, 0) is 13.1 Å². The Kier molecular flexibility index (Phi) is 4.01. The van der Waals surface area contributed by atoms with Crippen LogP contribution in [0.25, 0.3) is 11.1 Å². The van der Waals surface area contributed by atoms with E-state index in [-0.39, 0.29) is 0 Å². The van der Waals surface area contributed by atoms with Crippen LogP contribution in [-0.4, -0.2) is 9.55 Å². The maximum atomic E-state index is 4.37. The van der Waals surface area contributed by atoms with E-state index in [2.05, 4.69) is 70.3 Å². The van der Waals surface area contributed by atoms with Gasteiger partial charge in [0.15, 0.2) is 0 Å². The summed E-state index contributed by atoms with van der Waals surface area (Å²) < 4.78 is 2.14. The molecule has 0 spiro atoms. The molecule has 0 aliphatic carbocycles. The second-order valence-electron chi connectivity index (χ2n) is 4.93. The molecule has 3 heteroatoms. The predicted octanol–water partition coefficient (Wildman–Crippen LogP) is 4.18. The van der Waals surface area contributed by atoms with Gasteiger partial charge in [0.1, 0.15) is 5.82 Å². The van der Waals surface area contributed by atoms with Crippen molar-refractivity contribution in [3.05, 3.63) is 72.8 Å². The molecule has 0 radical (unpaired) electrons. The third-order valence-corrected chi connectivity index (χ3v) is 3.59. The van der Waals surface area contributed by atoms with Crippen LogP contribution in [0.1, 0.15) is 12.7 Å². The molecule has 3 aromatic rings. The number of hydrogen-bond donors (Lipinski definition) is 1. The fraction of sp³-hybridized carbons (Fsp3) is 0.167. The molecule has 1 aromatic heterocycles. The molecule has 0 aliphatic rings. The molecule has 0 unspecified atom stereocenters. The van der Waals surface area contributed by atoms with E-state index >= 15 is 0 Å². The Labute approximate surface area is 125 Å². The molecule has 0 atom stereocenters. The number of anilines is 1. The normalized spacial score (nSPS) is 10.5. The minimum absolute atomic E-state index is 0.742. The van der Waals surface area contributed by atoms with Gasteiger partial charge in [-0.2, -0.15) is 0 Å². The van der Waals surface area contributed by atoms with Crippen molar-refractivity contribution in [2.24, 2.45) is 0 Å². The first-order chi connectivity index (χ1) is 10.4. The molecule has 21 heavy (non-hydrogen) atoms. The molecule has 0 saturated heterocycles. The molecule has 0 amide bonds. The minimum Gasteiger partial charge on any atom is -0.378 e. The highest BCUT2D eigenvalue weighted by Gasteiger charge is 2.01. The van der Waals surface area contributed by atoms with Gasteiger partial charge in [-0.3, -0.25) is 0 Å². The van der Waals surface area contributed by atoms with Crippen LogP contribution >= 0.6 is 0 Å². The van der Waals surface area contributed by atoms with E-state index in [9.17, 15) is 0 Å². The van der Waals surface area contributed by atoms with Crippen LogP contribution < -0.4 is 5.32 Å². The average molecular weight is 277 g/mol. The Morgan fingerprint density at radius 3 is 2.38 bits per heavy atom. The molecular formula is C18H19N3. The molecular weight excluding hydrogens is 258 g/mol. The number of nitrogens with one attached hydrogen (secondary N) is 1. The van der Waals surface area contributed by atoms with Gasteiger partial charge in [0.2, 0.25) is 0 Å². The van der Waals surface area contributed by atoms with Crippen molar-refractivity contribution in [2.45, 2.75) is 20.0 Å². The van der Waals surface area contributed by atoms with Gasteiger partial charge in [-0.05, 0) is 30.2 Å². The number of imidazole rings is 1. The largest absolute Gasteiger partial charge is 0.378 e. The van der Waals surface area contributed by atoms with Gasteiger partial charge in [0, 0.05) is 24.6 Å². The van der Waals surface area contributed by atoms with Crippen LogP contribution in [0.15, 0.2) is 67.0 Å². The number of aryl methyl sites for hydroxylation is 1. The summed E-state index contributed by atoms with van der Waals surface area (Å²) in [7, 11) is 0. The van der Waals surface area contributed by atoms with Crippen molar-refractivity contribution in [2.75, 3.05) is 5.32 Å². The zero-order chi connectivity index (χ0) is 14.5. The molecule has 2 aromatic carbocycles. The topological polar surface area (TPSA) is 29.9 Å². The molecule has 3 rings (SSSR count). The molecule has 0 fully saturated rings. The standard InChI is InChI=1S/C18H19N3/c1-2-21-13-12-19-18(21)14-20-17-10-8-16(9-11-17)15-6-4-3-5-7-15/h3-13,20H,2,14H2,1H3. The molecule has 0 bridgehead atoms. The summed E-state index contributed by atoms with van der Waals surface area (Å²) >= 11 is 0. The van der Waals surface area contributed by atoms with Crippen molar-refractivity contribution in [3.63, 3.8) is 0 Å². The van der Waals surface area contributed by atoms with Crippen LogP contribution in [0.3, 0.4) is 0 Å². The van der Waals surface area contributed by atoms with Crippen LogP contribution in [0, 0.1) is 0 Å². The van der Waals surface area contributed by atoms with Crippen LogP contribution in [0.2, 0.25) is 0 Å². The van der Waals surface area contributed by atoms with Gasteiger partial charge in [0.25, 0.3) is 0 Å². The summed E-state index contributed by atoms with van der Waals surface area (Å²) in [6, 6.07) is 18.9. The summed E-state index contributed by atoms with van der Waals surface area (Å²) in [5, 5.41) is 3.42. The SMILES string of the molecule is CCn1ccnc1CNc1ccc(-c2ccccc2)cc1. The van der Waals surface area contributed by atoms with E-state index in [1.807, 2.05) is 18.5 Å².